The van der Waals surface area contributed by atoms with E-state index in [0.29, 0.717) is 0 Å². The second-order valence-corrected chi connectivity index (χ2v) is 10.6. The Bertz CT molecular complexity index is 717. The highest BCUT2D eigenvalue weighted by atomic mass is 32.2. The van der Waals surface area contributed by atoms with Crippen LogP contribution in [-0.4, -0.2) is 26.6 Å². The number of thiol groups is 1. The average molecular weight is 366 g/mol. The van der Waals surface area contributed by atoms with Gasteiger partial charge in [-0.2, -0.15) is 10.9 Å². The summed E-state index contributed by atoms with van der Waals surface area (Å²) in [5.41, 5.74) is 1.99. The van der Waals surface area contributed by atoms with E-state index in [1.807, 2.05) is 58.0 Å². The molecule has 1 aromatic rings. The van der Waals surface area contributed by atoms with Crippen LogP contribution in [0.25, 0.3) is 0 Å². The van der Waals surface area contributed by atoms with Crippen molar-refractivity contribution in [1.82, 2.24) is 0 Å². The molecule has 0 spiro atoms. The van der Waals surface area contributed by atoms with Gasteiger partial charge < -0.3 is 9.66 Å². The molecule has 1 aliphatic rings. The van der Waals surface area contributed by atoms with E-state index >= 15 is 0 Å². The first-order chi connectivity index (χ1) is 11.2. The predicted molar refractivity (Wildman–Crippen MR) is 103 cm³/mol. The Hall–Kier alpha value is -1.50. The molecule has 0 amide bonds. The second kappa shape index (κ2) is 7.59. The van der Waals surface area contributed by atoms with Crippen LogP contribution in [0.3, 0.4) is 0 Å². The van der Waals surface area contributed by atoms with Crippen molar-refractivity contribution in [3.63, 3.8) is 0 Å². The van der Waals surface area contributed by atoms with Crippen LogP contribution in [0.1, 0.15) is 38.3 Å². The van der Waals surface area contributed by atoms with E-state index < -0.39 is 33.0 Å². The van der Waals surface area contributed by atoms with Gasteiger partial charge in [0.1, 0.15) is 16.1 Å². The van der Waals surface area contributed by atoms with Crippen molar-refractivity contribution in [2.75, 3.05) is 0 Å². The number of nitrogens with zero attached hydrogens (tertiary/aromatic N) is 1. The molecule has 1 heterocycles. The average Bonchev–Trinajstić information content (AvgIpc) is 2.91. The highest BCUT2D eigenvalue weighted by Crippen LogP contribution is 2.50. The van der Waals surface area contributed by atoms with Crippen LogP contribution in [0.2, 0.25) is 0 Å². The van der Waals surface area contributed by atoms with Crippen LogP contribution in [0, 0.1) is 6.92 Å². The normalized spacial score (nSPS) is 20.4. The summed E-state index contributed by atoms with van der Waals surface area (Å²) in [6, 6.07) is 6.04. The van der Waals surface area contributed by atoms with Crippen LogP contribution < -0.4 is 0 Å². The summed E-state index contributed by atoms with van der Waals surface area (Å²) in [7, 11) is -0.819. The number of hydrogen-bond acceptors (Lipinski definition) is 3. The molecule has 1 N–H and O–H groups in total. The third kappa shape index (κ3) is 4.75. The van der Waals surface area contributed by atoms with Gasteiger partial charge in [0.2, 0.25) is 0 Å². The topological polar surface area (TPSA) is 72.7 Å². The van der Waals surface area contributed by atoms with Gasteiger partial charge in [-0.15, -0.1) is 0 Å². The Morgan fingerprint density at radius 3 is 2.75 bits per heavy atom. The monoisotopic (exact) mass is 365 g/mol. The summed E-state index contributed by atoms with van der Waals surface area (Å²) in [6.07, 6.45) is 5.50. The van der Waals surface area contributed by atoms with E-state index in [1.54, 1.807) is 6.21 Å². The molecule has 24 heavy (non-hydrogen) atoms. The van der Waals surface area contributed by atoms with Crippen LogP contribution in [0.4, 0.5) is 0 Å². The van der Waals surface area contributed by atoms with Crippen molar-refractivity contribution < 1.29 is 14.5 Å². The SMILES string of the molecule is Cc1ccc([SH]2C=CC=C2CC(=O)O)c(/C=N/[S+]([O-])C(C)(C)C)c1. The van der Waals surface area contributed by atoms with Gasteiger partial charge in [-0.3, -0.25) is 4.79 Å². The molecule has 6 heteroatoms. The molecule has 0 aliphatic carbocycles. The zero-order valence-corrected chi connectivity index (χ0v) is 16.0. The number of carboxylic acids is 1. The van der Waals surface area contributed by atoms with Crippen molar-refractivity contribution >= 4 is 34.4 Å². The van der Waals surface area contributed by atoms with Crippen molar-refractivity contribution in [1.29, 1.82) is 0 Å². The molecule has 0 bridgehead atoms. The molecular weight excluding hydrogens is 342 g/mol. The third-order valence-corrected chi connectivity index (χ3v) is 7.09. The molecule has 0 radical (unpaired) electrons. The van der Waals surface area contributed by atoms with Crippen molar-refractivity contribution in [2.24, 2.45) is 4.40 Å². The lowest BCUT2D eigenvalue weighted by molar-refractivity contribution is -0.136. The van der Waals surface area contributed by atoms with Crippen molar-refractivity contribution in [3.05, 3.63) is 51.8 Å². The number of aliphatic carboxylic acids is 1. The summed E-state index contributed by atoms with van der Waals surface area (Å²) in [4.78, 5) is 13.0. The predicted octanol–water partition coefficient (Wildman–Crippen LogP) is 4.12. The van der Waals surface area contributed by atoms with E-state index in [1.165, 1.54) is 0 Å². The number of rotatable bonds is 5. The van der Waals surface area contributed by atoms with Gasteiger partial charge in [-0.05, 0) is 50.1 Å². The van der Waals surface area contributed by atoms with Gasteiger partial charge in [0.05, 0.1) is 12.6 Å². The molecule has 1 aliphatic heterocycles. The summed E-state index contributed by atoms with van der Waals surface area (Å²) < 4.78 is 16.0. The number of aryl methyl sites for hydroxylation is 1. The van der Waals surface area contributed by atoms with Crippen LogP contribution in [0.5, 0.6) is 0 Å². The third-order valence-electron chi connectivity index (χ3n) is 3.42. The standard InChI is InChI=1S/C18H23NO3S2/c1-13-7-8-16(23-9-5-6-15(23)11-17(20)21)14(10-13)12-19-24(22)18(2,3)4/h5-10,12,23H,11H2,1-4H3,(H,20,21)/b19-12+. The van der Waals surface area contributed by atoms with E-state index in [9.17, 15) is 9.35 Å². The van der Waals surface area contributed by atoms with Gasteiger partial charge in [0, 0.05) is 10.5 Å². The highest BCUT2D eigenvalue weighted by molar-refractivity contribution is 8.23. The van der Waals surface area contributed by atoms with Crippen LogP contribution in [-0.2, 0) is 16.2 Å². The first kappa shape index (κ1) is 18.8. The fourth-order valence-electron chi connectivity index (χ4n) is 2.21. The highest BCUT2D eigenvalue weighted by Gasteiger charge is 2.26. The molecule has 0 saturated heterocycles. The minimum Gasteiger partial charge on any atom is -0.591 e. The lowest BCUT2D eigenvalue weighted by Gasteiger charge is -2.21. The van der Waals surface area contributed by atoms with E-state index in [4.69, 9.17) is 5.11 Å². The van der Waals surface area contributed by atoms with Crippen molar-refractivity contribution in [3.8, 4) is 0 Å². The lowest BCUT2D eigenvalue weighted by atomic mass is 10.1. The van der Waals surface area contributed by atoms with Gasteiger partial charge in [-0.1, -0.05) is 28.2 Å². The van der Waals surface area contributed by atoms with Crippen LogP contribution >= 0.6 is 10.9 Å². The molecule has 2 unspecified atom stereocenters. The summed E-state index contributed by atoms with van der Waals surface area (Å²) in [5, 5.41) is 11.1. The smallest absolute Gasteiger partial charge is 0.308 e. The van der Waals surface area contributed by atoms with Crippen molar-refractivity contribution in [2.45, 2.75) is 43.8 Å². The van der Waals surface area contributed by atoms with E-state index in [-0.39, 0.29) is 6.42 Å². The Morgan fingerprint density at radius 1 is 1.42 bits per heavy atom. The fourth-order valence-corrected chi connectivity index (χ4v) is 4.84. The first-order valence-corrected chi connectivity index (χ1v) is 10.2. The zero-order chi connectivity index (χ0) is 17.9. The van der Waals surface area contributed by atoms with Gasteiger partial charge in [0.25, 0.3) is 0 Å². The summed E-state index contributed by atoms with van der Waals surface area (Å²) >= 11 is -1.32. The Kier molecular flexibility index (Phi) is 5.96. The van der Waals surface area contributed by atoms with Crippen LogP contribution in [0.15, 0.2) is 50.0 Å². The minimum absolute atomic E-state index is 0.0388. The van der Waals surface area contributed by atoms with E-state index in [0.717, 1.165) is 20.9 Å². The number of hydrogen-bond donors (Lipinski definition) is 2. The maximum Gasteiger partial charge on any atom is 0.308 e. The molecule has 2 rings (SSSR count). The maximum atomic E-state index is 12.2. The molecule has 4 nitrogen and oxygen atoms in total. The Morgan fingerprint density at radius 2 is 2.12 bits per heavy atom. The van der Waals surface area contributed by atoms with E-state index in [2.05, 4.69) is 9.81 Å². The Labute approximate surface area is 149 Å². The fraction of sp³-hybridized carbons (Fsp3) is 0.333. The maximum absolute atomic E-state index is 12.2. The number of benzene rings is 1. The number of carboxylic acid groups (broad SMARTS) is 1. The molecule has 0 fully saturated rings. The zero-order valence-electron chi connectivity index (χ0n) is 14.3. The molecule has 2 atom stereocenters. The van der Waals surface area contributed by atoms with Gasteiger partial charge >= 0.3 is 5.97 Å². The Balaban J connectivity index is 2.35. The minimum atomic E-state index is -1.32. The first-order valence-electron chi connectivity index (χ1n) is 7.63. The number of carbonyl (C=O) groups is 1. The molecular formula is C18H23NO3S2. The van der Waals surface area contributed by atoms with Gasteiger partial charge in [-0.25, -0.2) is 0 Å². The van der Waals surface area contributed by atoms with Gasteiger partial charge in [0.15, 0.2) is 0 Å². The molecule has 0 aromatic heterocycles. The lowest BCUT2D eigenvalue weighted by Crippen LogP contribution is -2.25. The largest absolute Gasteiger partial charge is 0.591 e. The summed E-state index contributed by atoms with van der Waals surface area (Å²) in [5.74, 6) is -0.825. The molecule has 1 aromatic carbocycles. The molecule has 130 valence electrons. The summed E-state index contributed by atoms with van der Waals surface area (Å²) in [6.45, 7) is 7.65. The molecule has 0 saturated carbocycles. The quantitative estimate of drug-likeness (QED) is 0.468. The second-order valence-electron chi connectivity index (χ2n) is 6.60. The number of allylic oxidation sites excluding steroid dienone is 2.